The van der Waals surface area contributed by atoms with Crippen molar-refractivity contribution in [1.29, 1.82) is 5.26 Å². The molecule has 0 unspecified atom stereocenters. The summed E-state index contributed by atoms with van der Waals surface area (Å²) < 4.78 is 24.5. The lowest BCUT2D eigenvalue weighted by Gasteiger charge is -2.13. The number of benzene rings is 2. The van der Waals surface area contributed by atoms with E-state index in [1.807, 2.05) is 30.3 Å². The summed E-state index contributed by atoms with van der Waals surface area (Å²) >= 11 is 0. The van der Waals surface area contributed by atoms with E-state index in [0.717, 1.165) is 17.9 Å². The van der Waals surface area contributed by atoms with E-state index in [1.54, 1.807) is 14.2 Å². The van der Waals surface area contributed by atoms with Crippen LogP contribution in [-0.4, -0.2) is 33.3 Å². The van der Waals surface area contributed by atoms with Gasteiger partial charge in [0, 0.05) is 51.0 Å². The van der Waals surface area contributed by atoms with Gasteiger partial charge < -0.3 is 20.1 Å². The molecule has 2 aromatic carbocycles. The Morgan fingerprint density at radius 2 is 2.04 bits per heavy atom. The van der Waals surface area contributed by atoms with E-state index in [4.69, 9.17) is 14.7 Å². The molecule has 150 valence electrons. The quantitative estimate of drug-likeness (QED) is 0.250. The van der Waals surface area contributed by atoms with Gasteiger partial charge in [0.2, 0.25) is 0 Å². The van der Waals surface area contributed by atoms with Crippen molar-refractivity contribution in [1.82, 2.24) is 5.32 Å². The van der Waals surface area contributed by atoms with Gasteiger partial charge in [0.05, 0.1) is 18.2 Å². The number of nitriles is 1. The van der Waals surface area contributed by atoms with Gasteiger partial charge in [-0.2, -0.15) is 5.26 Å². The number of rotatable bonds is 8. The van der Waals surface area contributed by atoms with Gasteiger partial charge in [0.25, 0.3) is 0 Å². The van der Waals surface area contributed by atoms with Crippen LogP contribution in [0.15, 0.2) is 47.5 Å². The van der Waals surface area contributed by atoms with Crippen LogP contribution in [0.3, 0.4) is 0 Å². The molecule has 0 bridgehead atoms. The summed E-state index contributed by atoms with van der Waals surface area (Å²) in [7, 11) is 3.29. The third kappa shape index (κ3) is 7.70. The summed E-state index contributed by atoms with van der Waals surface area (Å²) in [5, 5.41) is 15.1. The molecule has 0 saturated heterocycles. The fraction of sp³-hybridized carbons (Fsp3) is 0.300. The molecule has 2 rings (SSSR count). The number of nitrogens with zero attached hydrogens (tertiary/aromatic N) is 2. The summed E-state index contributed by atoms with van der Waals surface area (Å²) in [5.74, 6) is 0.844. The lowest BCUT2D eigenvalue weighted by atomic mass is 10.1. The maximum absolute atomic E-state index is 13.9. The van der Waals surface area contributed by atoms with Crippen molar-refractivity contribution in [2.24, 2.45) is 4.99 Å². The molecule has 0 heterocycles. The molecule has 0 aromatic heterocycles. The van der Waals surface area contributed by atoms with Crippen LogP contribution in [0, 0.1) is 17.1 Å². The molecule has 0 amide bonds. The summed E-state index contributed by atoms with van der Waals surface area (Å²) in [6.07, 6.45) is 0.810. The van der Waals surface area contributed by atoms with Gasteiger partial charge in [-0.1, -0.05) is 6.07 Å². The van der Waals surface area contributed by atoms with Crippen LogP contribution in [0.25, 0.3) is 0 Å². The van der Waals surface area contributed by atoms with Crippen molar-refractivity contribution in [2.75, 3.05) is 32.7 Å². The third-order valence-corrected chi connectivity index (χ3v) is 3.70. The number of methoxy groups -OCH3 is 1. The summed E-state index contributed by atoms with van der Waals surface area (Å²) in [4.78, 5) is 4.14. The van der Waals surface area contributed by atoms with Gasteiger partial charge >= 0.3 is 0 Å². The highest BCUT2D eigenvalue weighted by atomic mass is 127. The Balaban J connectivity index is 0.00000392. The van der Waals surface area contributed by atoms with Crippen LogP contribution in [0.5, 0.6) is 5.75 Å². The zero-order chi connectivity index (χ0) is 19.5. The number of hydrogen-bond donors (Lipinski definition) is 2. The van der Waals surface area contributed by atoms with Crippen molar-refractivity contribution in [3.8, 4) is 11.8 Å². The van der Waals surface area contributed by atoms with E-state index in [0.29, 0.717) is 30.3 Å². The lowest BCUT2D eigenvalue weighted by Crippen LogP contribution is -2.30. The van der Waals surface area contributed by atoms with Crippen LogP contribution in [0.4, 0.5) is 10.1 Å². The number of nitrogens with one attached hydrogen (secondary N) is 2. The number of ether oxygens (including phenoxy) is 2. The first-order chi connectivity index (χ1) is 13.2. The van der Waals surface area contributed by atoms with Gasteiger partial charge in [-0.25, -0.2) is 4.39 Å². The predicted octanol–water partition coefficient (Wildman–Crippen LogP) is 3.92. The monoisotopic (exact) mass is 498 g/mol. The van der Waals surface area contributed by atoms with Crippen molar-refractivity contribution < 1.29 is 13.9 Å². The number of guanidine groups is 1. The van der Waals surface area contributed by atoms with Crippen molar-refractivity contribution in [3.05, 3.63) is 59.4 Å². The van der Waals surface area contributed by atoms with Gasteiger partial charge in [0.1, 0.15) is 11.6 Å². The Morgan fingerprint density at radius 1 is 1.21 bits per heavy atom. The van der Waals surface area contributed by atoms with E-state index >= 15 is 0 Å². The van der Waals surface area contributed by atoms with Gasteiger partial charge in [-0.3, -0.25) is 4.99 Å². The zero-order valence-electron chi connectivity index (χ0n) is 15.9. The highest BCUT2D eigenvalue weighted by Gasteiger charge is 2.06. The molecule has 0 aliphatic rings. The summed E-state index contributed by atoms with van der Waals surface area (Å²) in [6.45, 7) is 1.42. The van der Waals surface area contributed by atoms with Crippen molar-refractivity contribution >= 4 is 35.6 Å². The number of hydrogen-bond acceptors (Lipinski definition) is 4. The molecule has 2 N–H and O–H groups in total. The minimum atomic E-state index is -0.372. The molecule has 0 spiro atoms. The second-order valence-electron chi connectivity index (χ2n) is 5.69. The molecule has 0 aliphatic heterocycles. The van der Waals surface area contributed by atoms with Gasteiger partial charge in [0.15, 0.2) is 5.96 Å². The molecule has 28 heavy (non-hydrogen) atoms. The topological polar surface area (TPSA) is 78.7 Å². The first-order valence-electron chi connectivity index (χ1n) is 8.54. The standard InChI is InChI=1S/C20H23FN4O2.HI/c1-23-20(24-14-16-11-15(13-22)7-8-19(16)21)25-17-5-3-6-18(12-17)27-10-4-9-26-2;/h3,5-8,11-12H,4,9-10,14H2,1-2H3,(H2,23,24,25);1H. The van der Waals surface area contributed by atoms with Crippen LogP contribution in [0.1, 0.15) is 17.5 Å². The average molecular weight is 498 g/mol. The van der Waals surface area contributed by atoms with Crippen LogP contribution < -0.4 is 15.4 Å². The fourth-order valence-electron chi connectivity index (χ4n) is 2.33. The van der Waals surface area contributed by atoms with E-state index in [-0.39, 0.29) is 36.3 Å². The number of anilines is 1. The van der Waals surface area contributed by atoms with E-state index in [2.05, 4.69) is 15.6 Å². The van der Waals surface area contributed by atoms with Crippen molar-refractivity contribution in [3.63, 3.8) is 0 Å². The first-order valence-corrected chi connectivity index (χ1v) is 8.54. The SMILES string of the molecule is CN=C(NCc1cc(C#N)ccc1F)Nc1cccc(OCCCOC)c1.I. The van der Waals surface area contributed by atoms with E-state index < -0.39 is 0 Å². The highest BCUT2D eigenvalue weighted by Crippen LogP contribution is 2.17. The molecule has 0 saturated carbocycles. The fourth-order valence-corrected chi connectivity index (χ4v) is 2.33. The number of halogens is 2. The molecule has 0 aliphatic carbocycles. The van der Waals surface area contributed by atoms with E-state index in [1.165, 1.54) is 18.2 Å². The molecule has 6 nitrogen and oxygen atoms in total. The van der Waals surface area contributed by atoms with Crippen LogP contribution >= 0.6 is 24.0 Å². The average Bonchev–Trinajstić information content (AvgIpc) is 2.70. The number of aliphatic imine (C=N–C) groups is 1. The van der Waals surface area contributed by atoms with Crippen LogP contribution in [0.2, 0.25) is 0 Å². The molecular formula is C20H24FIN4O2. The normalized spacial score (nSPS) is 10.6. The van der Waals surface area contributed by atoms with E-state index in [9.17, 15) is 4.39 Å². The minimum Gasteiger partial charge on any atom is -0.493 e. The van der Waals surface area contributed by atoms with Gasteiger partial charge in [-0.15, -0.1) is 24.0 Å². The lowest BCUT2D eigenvalue weighted by molar-refractivity contribution is 0.172. The maximum Gasteiger partial charge on any atom is 0.195 e. The third-order valence-electron chi connectivity index (χ3n) is 3.70. The van der Waals surface area contributed by atoms with Gasteiger partial charge in [-0.05, 0) is 30.3 Å². The first kappa shape index (κ1) is 23.7. The predicted molar refractivity (Wildman–Crippen MR) is 119 cm³/mol. The Kier molecular flexibility index (Phi) is 10.9. The Bertz CT molecular complexity index is 824. The second-order valence-corrected chi connectivity index (χ2v) is 5.69. The molecule has 2 aromatic rings. The van der Waals surface area contributed by atoms with Crippen LogP contribution in [-0.2, 0) is 11.3 Å². The Labute approximate surface area is 181 Å². The molecule has 0 fully saturated rings. The smallest absolute Gasteiger partial charge is 0.195 e. The molecule has 0 atom stereocenters. The largest absolute Gasteiger partial charge is 0.493 e. The summed E-state index contributed by atoms with van der Waals surface area (Å²) in [5.41, 5.74) is 1.60. The molecule has 0 radical (unpaired) electrons. The highest BCUT2D eigenvalue weighted by molar-refractivity contribution is 14.0. The van der Waals surface area contributed by atoms with Crippen molar-refractivity contribution in [2.45, 2.75) is 13.0 Å². The minimum absolute atomic E-state index is 0. The molecule has 8 heteroatoms. The zero-order valence-corrected chi connectivity index (χ0v) is 18.2. The summed E-state index contributed by atoms with van der Waals surface area (Å²) in [6, 6.07) is 13.7. The maximum atomic E-state index is 13.9. The second kappa shape index (κ2) is 12.9. The molecular weight excluding hydrogens is 474 g/mol. The Morgan fingerprint density at radius 3 is 2.75 bits per heavy atom. The Hall–Kier alpha value is -2.38.